The number of primary sulfonamides is 2. The molecule has 4 aromatic heterocycles. The molecule has 1 amide bonds. The number of carboxylic acids is 1. The molecular formula is C55H50BrF4N9O9S4. The van der Waals surface area contributed by atoms with E-state index in [2.05, 4.69) is 25.9 Å². The first-order chi connectivity index (χ1) is 39.0. The number of hydrogen-bond acceptors (Lipinski definition) is 14. The topological polar surface area (TPSA) is 266 Å². The lowest BCUT2D eigenvalue weighted by Crippen LogP contribution is -2.28. The molecule has 5 N–H and O–H groups in total. The lowest BCUT2D eigenvalue weighted by atomic mass is 9.96. The van der Waals surface area contributed by atoms with Gasteiger partial charge in [0.05, 0.1) is 39.4 Å². The molecule has 1 saturated heterocycles. The number of carbonyl (C=O) groups is 3. The lowest BCUT2D eigenvalue weighted by Gasteiger charge is -2.16. The molecule has 18 nitrogen and oxygen atoms in total. The largest absolute Gasteiger partial charge is 0.476 e. The zero-order chi connectivity index (χ0) is 58.4. The van der Waals surface area contributed by atoms with Crippen molar-refractivity contribution >= 4 is 76.5 Å². The lowest BCUT2D eigenvalue weighted by molar-refractivity contribution is 0.0519. The number of thiazole rings is 2. The van der Waals surface area contributed by atoms with Crippen LogP contribution in [0.25, 0.3) is 32.8 Å². The molecule has 0 unspecified atom stereocenters. The van der Waals surface area contributed by atoms with Crippen LogP contribution < -0.4 is 10.3 Å². The molecule has 27 heteroatoms. The van der Waals surface area contributed by atoms with E-state index >= 15 is 0 Å². The van der Waals surface area contributed by atoms with Crippen LogP contribution in [0.2, 0.25) is 0 Å². The number of carbonyl (C=O) groups excluding carboxylic acids is 2. The number of carboxylic acid groups (broad SMARTS) is 1. The van der Waals surface area contributed by atoms with Crippen molar-refractivity contribution in [2.45, 2.75) is 80.9 Å². The van der Waals surface area contributed by atoms with E-state index in [1.165, 1.54) is 53.1 Å². The van der Waals surface area contributed by atoms with Gasteiger partial charge < -0.3 is 14.7 Å². The number of esters is 1. The van der Waals surface area contributed by atoms with Gasteiger partial charge in [0.25, 0.3) is 5.91 Å². The predicted molar refractivity (Wildman–Crippen MR) is 299 cm³/mol. The number of rotatable bonds is 18. The molecule has 3 fully saturated rings. The Morgan fingerprint density at radius 2 is 1.15 bits per heavy atom. The Hall–Kier alpha value is -7.01. The van der Waals surface area contributed by atoms with E-state index in [4.69, 9.17) is 25.2 Å². The van der Waals surface area contributed by atoms with Gasteiger partial charge in [-0.05, 0) is 158 Å². The molecule has 0 spiro atoms. The Kier molecular flexibility index (Phi) is 16.8. The molecule has 0 bridgehead atoms. The first kappa shape index (κ1) is 58.2. The minimum Gasteiger partial charge on any atom is -0.476 e. The van der Waals surface area contributed by atoms with E-state index in [1.807, 2.05) is 0 Å². The minimum atomic E-state index is -4.27. The van der Waals surface area contributed by atoms with Crippen LogP contribution in [0.4, 0.5) is 17.6 Å². The maximum atomic E-state index is 15.0. The van der Waals surface area contributed by atoms with E-state index in [1.54, 1.807) is 38.7 Å². The summed E-state index contributed by atoms with van der Waals surface area (Å²) in [6, 6.07) is 16.2. The number of benzene rings is 4. The Balaban J connectivity index is 0.000000185. The predicted octanol–water partition coefficient (Wildman–Crippen LogP) is 9.80. The first-order valence-corrected chi connectivity index (χ1v) is 31.4. The van der Waals surface area contributed by atoms with Crippen LogP contribution in [0.1, 0.15) is 110 Å². The molecule has 82 heavy (non-hydrogen) atoms. The van der Waals surface area contributed by atoms with Crippen molar-refractivity contribution in [3.8, 4) is 32.8 Å². The van der Waals surface area contributed by atoms with E-state index in [0.717, 1.165) is 91.1 Å². The number of nitrogens with two attached hydrogens (primary N) is 2. The summed E-state index contributed by atoms with van der Waals surface area (Å²) in [4.78, 5) is 46.1. The summed E-state index contributed by atoms with van der Waals surface area (Å²) >= 11 is 5.57. The van der Waals surface area contributed by atoms with Gasteiger partial charge in [-0.15, -0.1) is 22.7 Å². The number of sulfonamides is 2. The molecule has 5 heterocycles. The summed E-state index contributed by atoms with van der Waals surface area (Å²) < 4.78 is 114. The van der Waals surface area contributed by atoms with Gasteiger partial charge in [-0.2, -0.15) is 10.2 Å². The van der Waals surface area contributed by atoms with Gasteiger partial charge in [-0.3, -0.25) is 4.79 Å². The second-order valence-electron chi connectivity index (χ2n) is 20.0. The summed E-state index contributed by atoms with van der Waals surface area (Å²) in [5, 5.41) is 33.2. The van der Waals surface area contributed by atoms with Gasteiger partial charge in [0.15, 0.2) is 11.4 Å². The highest BCUT2D eigenvalue weighted by Crippen LogP contribution is 2.41. The molecule has 428 valence electrons. The van der Waals surface area contributed by atoms with Crippen molar-refractivity contribution in [1.29, 1.82) is 0 Å². The third kappa shape index (κ3) is 12.9. The van der Waals surface area contributed by atoms with Crippen molar-refractivity contribution in [3.05, 3.63) is 162 Å². The molecule has 11 rings (SSSR count). The van der Waals surface area contributed by atoms with Crippen molar-refractivity contribution in [2.24, 2.45) is 22.1 Å². The van der Waals surface area contributed by atoms with Crippen LogP contribution in [0, 0.1) is 35.1 Å². The van der Waals surface area contributed by atoms with Crippen LogP contribution in [-0.4, -0.2) is 93.9 Å². The monoisotopic (exact) mass is 1260 g/mol. The molecule has 3 aliphatic rings. The highest BCUT2D eigenvalue weighted by Gasteiger charge is 2.33. The fraction of sp³-hybridized carbons (Fsp3) is 0.291. The Morgan fingerprint density at radius 3 is 1.59 bits per heavy atom. The van der Waals surface area contributed by atoms with Crippen molar-refractivity contribution in [2.75, 3.05) is 19.7 Å². The number of aromatic nitrogens is 6. The molecule has 2 aliphatic carbocycles. The van der Waals surface area contributed by atoms with Crippen molar-refractivity contribution in [1.82, 2.24) is 34.4 Å². The second kappa shape index (κ2) is 23.7. The fourth-order valence-corrected chi connectivity index (χ4v) is 12.7. The highest BCUT2D eigenvalue weighted by molar-refractivity contribution is 9.10. The van der Waals surface area contributed by atoms with E-state index in [9.17, 15) is 53.9 Å². The first-order valence-electron chi connectivity index (χ1n) is 25.7. The Bertz CT molecular complexity index is 4060. The highest BCUT2D eigenvalue weighted by atomic mass is 79.9. The van der Waals surface area contributed by atoms with Gasteiger partial charge in [-0.25, -0.2) is 73.6 Å². The van der Waals surface area contributed by atoms with Crippen LogP contribution in [0.3, 0.4) is 0 Å². The summed E-state index contributed by atoms with van der Waals surface area (Å²) in [6.07, 6.45) is 7.32. The van der Waals surface area contributed by atoms with Gasteiger partial charge in [0.1, 0.15) is 33.1 Å². The van der Waals surface area contributed by atoms with E-state index in [-0.39, 0.29) is 40.9 Å². The number of ether oxygens (including phenoxy) is 1. The summed E-state index contributed by atoms with van der Waals surface area (Å²) in [6.45, 7) is 3.02. The van der Waals surface area contributed by atoms with Crippen LogP contribution in [0.15, 0.2) is 97.8 Å². The van der Waals surface area contributed by atoms with Gasteiger partial charge >= 0.3 is 11.9 Å². The molecule has 8 aromatic rings. The average Bonchev–Trinajstić information content (AvgIpc) is 3.21. The number of amides is 1. The number of aromatic carboxylic acids is 1. The van der Waals surface area contributed by atoms with Gasteiger partial charge in [0.2, 0.25) is 30.3 Å². The normalized spacial score (nSPS) is 14.5. The molecular weight excluding hydrogens is 1210 g/mol. The maximum Gasteiger partial charge on any atom is 0.357 e. The van der Waals surface area contributed by atoms with Gasteiger partial charge in [-0.1, -0.05) is 12.1 Å². The number of halogens is 5. The minimum absolute atomic E-state index is 0.0883. The number of likely N-dealkylation sites (tertiary alicyclic amines) is 1. The summed E-state index contributed by atoms with van der Waals surface area (Å²) in [5.74, 6) is -4.40. The molecule has 1 aliphatic heterocycles. The molecule has 4 aromatic carbocycles. The van der Waals surface area contributed by atoms with Crippen LogP contribution >= 0.6 is 38.6 Å². The quantitative estimate of drug-likeness (QED) is 0.0534. The van der Waals surface area contributed by atoms with E-state index < -0.39 is 71.0 Å². The third-order valence-corrected chi connectivity index (χ3v) is 18.1. The SMILES string of the molecule is CCOC(=O)c1csc(-n2nc(-c3ccc(F)c(Br)c3)c(Cc3ccc(S(N)(=O)=O)c(F)c3)c2CC2CC2)n1.NS(=O)(=O)c1ccc(Cc2c(-c3ccc(F)c(C(=O)N4CCCC4)c3)nn(-c3nc(C(=O)O)cs3)c2CC2CC2)cc1F. The van der Waals surface area contributed by atoms with Crippen molar-refractivity contribution < 1.29 is 58.6 Å². The van der Waals surface area contributed by atoms with Crippen molar-refractivity contribution in [3.63, 3.8) is 0 Å². The fourth-order valence-electron chi connectivity index (χ4n) is 9.60. The zero-order valence-electron chi connectivity index (χ0n) is 43.5. The smallest absolute Gasteiger partial charge is 0.357 e. The molecule has 2 saturated carbocycles. The standard InChI is InChI=1S/C29H27F2N5O5S2.C26H23BrF2N4O4S2/c30-21-7-6-18(14-19(21)27(37)35-9-1-2-10-35)26-20(11-17-5-8-25(22(31)12-17)43(32,40)41)24(13-16-3-4-16)36(34-26)29-33-23(15-42-29)28(38)39;1-2-37-25(34)21-13-38-26(31-21)33-22(11-14-3-4-14)17(24(32-33)16-6-7-19(28)18(27)12-16)9-15-5-8-23(20(29)10-15)39(30,35)36/h5-8,12,14-16H,1-4,9-11,13H2,(H,38,39)(H2,32,40,41);5-8,10,12-14H,2-4,9,11H2,1H3,(H2,30,35,36). The van der Waals surface area contributed by atoms with Gasteiger partial charge in [0, 0.05) is 58.9 Å². The maximum absolute atomic E-state index is 15.0. The summed E-state index contributed by atoms with van der Waals surface area (Å²) in [7, 11) is -8.49. The molecule has 0 atom stereocenters. The number of nitrogens with zero attached hydrogens (tertiary/aromatic N) is 7. The third-order valence-electron chi connectivity index (χ3n) is 14.0. The van der Waals surface area contributed by atoms with Crippen LogP contribution in [0.5, 0.6) is 0 Å². The summed E-state index contributed by atoms with van der Waals surface area (Å²) in [5.41, 5.74) is 5.83. The van der Waals surface area contributed by atoms with E-state index in [0.29, 0.717) is 87.2 Å². The number of hydrogen-bond donors (Lipinski definition) is 3. The average molecular weight is 1270 g/mol. The second-order valence-corrected chi connectivity index (χ2v) is 25.6. The Morgan fingerprint density at radius 1 is 0.671 bits per heavy atom. The Labute approximate surface area is 484 Å². The zero-order valence-corrected chi connectivity index (χ0v) is 48.3. The van der Waals surface area contributed by atoms with Crippen LogP contribution in [-0.2, 0) is 50.5 Å². The molecule has 0 radical (unpaired) electrons.